The van der Waals surface area contributed by atoms with Crippen molar-refractivity contribution in [1.82, 2.24) is 24.2 Å². The Morgan fingerprint density at radius 3 is 3.00 bits per heavy atom. The molecule has 6 nitrogen and oxygen atoms in total. The molecule has 0 aliphatic heterocycles. The summed E-state index contributed by atoms with van der Waals surface area (Å²) in [5, 5.41) is 12.0. The van der Waals surface area contributed by atoms with Crippen LogP contribution < -0.4 is 5.32 Å². The maximum absolute atomic E-state index is 4.54. The molecule has 110 valence electrons. The number of aryl methyl sites for hydroxylation is 1. The van der Waals surface area contributed by atoms with E-state index in [1.54, 1.807) is 6.20 Å². The van der Waals surface area contributed by atoms with Gasteiger partial charge in [0, 0.05) is 17.8 Å². The molecular weight excluding hydrogens is 284 g/mol. The van der Waals surface area contributed by atoms with Crippen LogP contribution in [0.1, 0.15) is 43.0 Å². The summed E-state index contributed by atoms with van der Waals surface area (Å²) in [7, 11) is 0. The lowest BCUT2D eigenvalue weighted by Gasteiger charge is -2.10. The molecule has 0 bridgehead atoms. The van der Waals surface area contributed by atoms with Crippen molar-refractivity contribution in [2.45, 2.75) is 39.7 Å². The summed E-state index contributed by atoms with van der Waals surface area (Å²) < 4.78 is 5.88. The van der Waals surface area contributed by atoms with E-state index in [0.29, 0.717) is 12.5 Å². The van der Waals surface area contributed by atoms with E-state index < -0.39 is 0 Å². The van der Waals surface area contributed by atoms with Gasteiger partial charge in [-0.3, -0.25) is 0 Å². The van der Waals surface area contributed by atoms with Crippen LogP contribution in [0.4, 0.5) is 5.82 Å². The predicted molar refractivity (Wildman–Crippen MR) is 83.7 cm³/mol. The fourth-order valence-corrected chi connectivity index (χ4v) is 2.95. The first-order valence-corrected chi connectivity index (χ1v) is 7.85. The van der Waals surface area contributed by atoms with Gasteiger partial charge in [-0.1, -0.05) is 25.3 Å². The molecule has 3 rings (SSSR count). The number of hydrogen-bond donors (Lipinski definition) is 1. The van der Waals surface area contributed by atoms with Crippen LogP contribution in [0, 0.1) is 0 Å². The second-order valence-corrected chi connectivity index (χ2v) is 6.02. The van der Waals surface area contributed by atoms with Crippen LogP contribution in [0.3, 0.4) is 0 Å². The standard InChI is InChI=1S/C14H18N6S/c1-4-10-7-13(20-12(17-10)5-6-16-20)15-8-11-14(9(2)3)18-19-21-11/h5-7,9,15H,4,8H2,1-3H3. The molecule has 3 aromatic heterocycles. The first kappa shape index (κ1) is 13.9. The Morgan fingerprint density at radius 2 is 2.24 bits per heavy atom. The summed E-state index contributed by atoms with van der Waals surface area (Å²) >= 11 is 1.45. The molecule has 0 aromatic carbocycles. The summed E-state index contributed by atoms with van der Waals surface area (Å²) in [6, 6.07) is 3.96. The van der Waals surface area contributed by atoms with E-state index in [0.717, 1.165) is 29.3 Å². The highest BCUT2D eigenvalue weighted by molar-refractivity contribution is 7.05. The van der Waals surface area contributed by atoms with Gasteiger partial charge in [0.05, 0.1) is 23.3 Å². The van der Waals surface area contributed by atoms with E-state index in [1.807, 2.05) is 16.6 Å². The molecule has 0 saturated carbocycles. The van der Waals surface area contributed by atoms with E-state index in [1.165, 1.54) is 16.4 Å². The average Bonchev–Trinajstić information content (AvgIpc) is 3.12. The highest BCUT2D eigenvalue weighted by atomic mass is 32.1. The van der Waals surface area contributed by atoms with Crippen molar-refractivity contribution in [2.24, 2.45) is 0 Å². The second kappa shape index (κ2) is 5.77. The van der Waals surface area contributed by atoms with E-state index in [9.17, 15) is 0 Å². The molecule has 3 heterocycles. The Kier molecular flexibility index (Phi) is 3.83. The molecule has 0 spiro atoms. The highest BCUT2D eigenvalue weighted by Gasteiger charge is 2.12. The Balaban J connectivity index is 1.87. The molecule has 0 amide bonds. The third-order valence-electron chi connectivity index (χ3n) is 3.34. The van der Waals surface area contributed by atoms with Crippen molar-refractivity contribution < 1.29 is 0 Å². The van der Waals surface area contributed by atoms with Crippen LogP contribution in [-0.4, -0.2) is 24.2 Å². The van der Waals surface area contributed by atoms with Crippen molar-refractivity contribution in [1.29, 1.82) is 0 Å². The minimum atomic E-state index is 0.383. The first-order valence-electron chi connectivity index (χ1n) is 7.07. The monoisotopic (exact) mass is 302 g/mol. The van der Waals surface area contributed by atoms with Gasteiger partial charge < -0.3 is 5.32 Å². The molecule has 0 radical (unpaired) electrons. The normalized spacial score (nSPS) is 11.4. The van der Waals surface area contributed by atoms with Crippen molar-refractivity contribution >= 4 is 23.0 Å². The maximum atomic E-state index is 4.54. The van der Waals surface area contributed by atoms with Crippen LogP contribution in [-0.2, 0) is 13.0 Å². The second-order valence-electron chi connectivity index (χ2n) is 5.18. The largest absolute Gasteiger partial charge is 0.365 e. The molecule has 0 fully saturated rings. The molecule has 21 heavy (non-hydrogen) atoms. The van der Waals surface area contributed by atoms with Crippen LogP contribution in [0.2, 0.25) is 0 Å². The third kappa shape index (κ3) is 2.73. The van der Waals surface area contributed by atoms with Gasteiger partial charge in [0.15, 0.2) is 5.65 Å². The van der Waals surface area contributed by atoms with Crippen LogP contribution in [0.15, 0.2) is 18.3 Å². The highest BCUT2D eigenvalue weighted by Crippen LogP contribution is 2.21. The van der Waals surface area contributed by atoms with E-state index in [4.69, 9.17) is 0 Å². The molecule has 0 atom stereocenters. The van der Waals surface area contributed by atoms with Crippen molar-refractivity contribution in [3.63, 3.8) is 0 Å². The Bertz CT molecular complexity index is 745. The molecule has 0 saturated heterocycles. The van der Waals surface area contributed by atoms with Gasteiger partial charge in [0.1, 0.15) is 5.82 Å². The number of nitrogens with one attached hydrogen (secondary N) is 1. The number of hydrogen-bond acceptors (Lipinski definition) is 6. The molecule has 0 aliphatic rings. The Hall–Kier alpha value is -2.02. The molecule has 1 N–H and O–H groups in total. The molecule has 7 heteroatoms. The third-order valence-corrected chi connectivity index (χ3v) is 4.07. The fourth-order valence-electron chi connectivity index (χ4n) is 2.22. The SMILES string of the molecule is CCc1cc(NCc2snnc2C(C)C)n2nccc2n1. The first-order chi connectivity index (χ1) is 10.2. The Morgan fingerprint density at radius 1 is 1.38 bits per heavy atom. The van der Waals surface area contributed by atoms with Gasteiger partial charge in [-0.2, -0.15) is 9.61 Å². The zero-order chi connectivity index (χ0) is 14.8. The van der Waals surface area contributed by atoms with Gasteiger partial charge in [0.25, 0.3) is 0 Å². The maximum Gasteiger partial charge on any atom is 0.157 e. The summed E-state index contributed by atoms with van der Waals surface area (Å²) in [5.41, 5.74) is 2.98. The lowest BCUT2D eigenvalue weighted by molar-refractivity contribution is 0.796. The predicted octanol–water partition coefficient (Wildman–Crippen LogP) is 2.88. The van der Waals surface area contributed by atoms with Gasteiger partial charge in [-0.25, -0.2) is 4.98 Å². The number of anilines is 1. The number of nitrogens with zero attached hydrogens (tertiary/aromatic N) is 5. The zero-order valence-electron chi connectivity index (χ0n) is 12.4. The van der Waals surface area contributed by atoms with Gasteiger partial charge in [-0.15, -0.1) is 5.10 Å². The van der Waals surface area contributed by atoms with Crippen LogP contribution >= 0.6 is 11.5 Å². The lowest BCUT2D eigenvalue weighted by atomic mass is 10.1. The summed E-state index contributed by atoms with van der Waals surface area (Å²) in [4.78, 5) is 5.71. The zero-order valence-corrected chi connectivity index (χ0v) is 13.2. The van der Waals surface area contributed by atoms with E-state index in [2.05, 4.69) is 45.8 Å². The number of rotatable bonds is 5. The quantitative estimate of drug-likeness (QED) is 0.785. The van der Waals surface area contributed by atoms with Gasteiger partial charge >= 0.3 is 0 Å². The number of fused-ring (bicyclic) bond motifs is 1. The smallest absolute Gasteiger partial charge is 0.157 e. The van der Waals surface area contributed by atoms with E-state index >= 15 is 0 Å². The van der Waals surface area contributed by atoms with Gasteiger partial charge in [0.2, 0.25) is 0 Å². The minimum absolute atomic E-state index is 0.383. The topological polar surface area (TPSA) is 68.0 Å². The lowest BCUT2D eigenvalue weighted by Crippen LogP contribution is -2.08. The van der Waals surface area contributed by atoms with Gasteiger partial charge in [-0.05, 0) is 23.9 Å². The minimum Gasteiger partial charge on any atom is -0.365 e. The number of aromatic nitrogens is 5. The average molecular weight is 302 g/mol. The summed E-state index contributed by atoms with van der Waals surface area (Å²) in [6.07, 6.45) is 2.66. The summed E-state index contributed by atoms with van der Waals surface area (Å²) in [6.45, 7) is 7.07. The molecule has 3 aromatic rings. The van der Waals surface area contributed by atoms with Crippen LogP contribution in [0.25, 0.3) is 5.65 Å². The van der Waals surface area contributed by atoms with Crippen molar-refractivity contribution in [3.05, 3.63) is 34.6 Å². The van der Waals surface area contributed by atoms with Crippen molar-refractivity contribution in [3.8, 4) is 0 Å². The Labute approximate surface area is 127 Å². The molecular formula is C14H18N6S. The summed E-state index contributed by atoms with van der Waals surface area (Å²) in [5.74, 6) is 1.33. The fraction of sp³-hybridized carbons (Fsp3) is 0.429. The van der Waals surface area contributed by atoms with Crippen molar-refractivity contribution in [2.75, 3.05) is 5.32 Å². The van der Waals surface area contributed by atoms with E-state index in [-0.39, 0.29) is 0 Å². The molecule has 0 aliphatic carbocycles. The molecule has 0 unspecified atom stereocenters. The van der Waals surface area contributed by atoms with Crippen LogP contribution in [0.5, 0.6) is 0 Å².